The van der Waals surface area contributed by atoms with E-state index in [1.165, 1.54) is 0 Å². The Balaban J connectivity index is 3.45. The maximum absolute atomic E-state index is 5.74. The highest BCUT2D eigenvalue weighted by atomic mass is 35.5. The second-order valence-corrected chi connectivity index (χ2v) is 3.82. The Morgan fingerprint density at radius 1 is 1.10 bits per heavy atom. The monoisotopic (exact) mass is 220 g/mol. The largest absolute Gasteiger partial charge is 0.127 e. The molecule has 1 unspecified atom stereocenters. The molecule has 0 heterocycles. The summed E-state index contributed by atoms with van der Waals surface area (Å²) in [7, 11) is 0. The summed E-state index contributed by atoms with van der Waals surface area (Å²) in [5.41, 5.74) is 0. The first kappa shape index (κ1) is 10.9. The molecule has 0 aliphatic carbocycles. The van der Waals surface area contributed by atoms with Crippen LogP contribution in [0.4, 0.5) is 0 Å². The van der Waals surface area contributed by atoms with E-state index in [-0.39, 0.29) is 5.38 Å². The molecule has 0 aromatic heterocycles. The van der Waals surface area contributed by atoms with Gasteiger partial charge in [-0.1, -0.05) is 12.2 Å². The van der Waals surface area contributed by atoms with E-state index in [0.717, 1.165) is 6.42 Å². The van der Waals surface area contributed by atoms with Crippen LogP contribution in [0.25, 0.3) is 0 Å². The van der Waals surface area contributed by atoms with Crippen molar-refractivity contribution in [3.8, 4) is 0 Å². The Kier molecular flexibility index (Phi) is 7.19. The van der Waals surface area contributed by atoms with Crippen LogP contribution in [0.3, 0.4) is 0 Å². The third-order valence-corrected chi connectivity index (χ3v) is 1.72. The van der Waals surface area contributed by atoms with Gasteiger partial charge in [-0.25, -0.2) is 0 Å². The van der Waals surface area contributed by atoms with Crippen molar-refractivity contribution < 1.29 is 0 Å². The molecule has 0 radical (unpaired) electrons. The van der Waals surface area contributed by atoms with Crippen molar-refractivity contribution in [2.24, 2.45) is 0 Å². The van der Waals surface area contributed by atoms with Crippen LogP contribution in [0.15, 0.2) is 12.2 Å². The minimum absolute atomic E-state index is 0.0579. The van der Waals surface area contributed by atoms with E-state index in [2.05, 4.69) is 0 Å². The van der Waals surface area contributed by atoms with E-state index < -0.39 is 4.84 Å². The van der Waals surface area contributed by atoms with Gasteiger partial charge in [0.25, 0.3) is 0 Å². The zero-order chi connectivity index (χ0) is 7.98. The van der Waals surface area contributed by atoms with Crippen LogP contribution in [-0.2, 0) is 0 Å². The SMILES string of the molecule is ClCCC(Cl)C=CC(Cl)Cl. The number of hydrogen-bond acceptors (Lipinski definition) is 0. The van der Waals surface area contributed by atoms with Crippen LogP contribution in [0, 0.1) is 0 Å². The van der Waals surface area contributed by atoms with Gasteiger partial charge in [-0.3, -0.25) is 0 Å². The maximum Gasteiger partial charge on any atom is 0.125 e. The molecule has 0 fully saturated rings. The third-order valence-electron chi connectivity index (χ3n) is 0.850. The molecule has 0 aromatic carbocycles. The van der Waals surface area contributed by atoms with Crippen molar-refractivity contribution in [2.45, 2.75) is 16.6 Å². The zero-order valence-electron chi connectivity index (χ0n) is 5.24. The minimum Gasteiger partial charge on any atom is -0.127 e. The van der Waals surface area contributed by atoms with Crippen molar-refractivity contribution in [3.63, 3.8) is 0 Å². The Bertz CT molecular complexity index is 99.9. The first-order valence-electron chi connectivity index (χ1n) is 2.83. The standard InChI is InChI=1S/C6H8Cl4/c7-4-3-5(8)1-2-6(9)10/h1-2,5-6H,3-4H2. The summed E-state index contributed by atoms with van der Waals surface area (Å²) in [5.74, 6) is 0.549. The van der Waals surface area contributed by atoms with Gasteiger partial charge in [-0.2, -0.15) is 0 Å². The lowest BCUT2D eigenvalue weighted by Crippen LogP contribution is -1.94. The topological polar surface area (TPSA) is 0 Å². The lowest BCUT2D eigenvalue weighted by Gasteiger charge is -1.98. The Morgan fingerprint density at radius 2 is 1.70 bits per heavy atom. The van der Waals surface area contributed by atoms with Crippen LogP contribution < -0.4 is 0 Å². The predicted octanol–water partition coefficient (Wildman–Crippen LogP) is 3.58. The number of hydrogen-bond donors (Lipinski definition) is 0. The molecule has 0 aliphatic rings. The zero-order valence-corrected chi connectivity index (χ0v) is 8.26. The van der Waals surface area contributed by atoms with Crippen LogP contribution >= 0.6 is 46.4 Å². The predicted molar refractivity (Wildman–Crippen MR) is 49.6 cm³/mol. The van der Waals surface area contributed by atoms with Crippen LogP contribution in [0.1, 0.15) is 6.42 Å². The van der Waals surface area contributed by atoms with E-state index in [4.69, 9.17) is 46.4 Å². The van der Waals surface area contributed by atoms with Crippen LogP contribution in [0.2, 0.25) is 0 Å². The minimum atomic E-state index is -0.475. The molecule has 0 N–H and O–H groups in total. The highest BCUT2D eigenvalue weighted by Crippen LogP contribution is 2.09. The molecule has 0 aromatic rings. The van der Waals surface area contributed by atoms with Crippen molar-refractivity contribution in [1.29, 1.82) is 0 Å². The number of alkyl halides is 4. The Morgan fingerprint density at radius 3 is 2.10 bits per heavy atom. The van der Waals surface area contributed by atoms with Crippen LogP contribution in [-0.4, -0.2) is 16.1 Å². The lowest BCUT2D eigenvalue weighted by atomic mass is 10.3. The number of halogens is 4. The van der Waals surface area contributed by atoms with Gasteiger partial charge in [0.15, 0.2) is 0 Å². The molecule has 0 aliphatic heterocycles. The lowest BCUT2D eigenvalue weighted by molar-refractivity contribution is 0.972. The summed E-state index contributed by atoms with van der Waals surface area (Å²) in [5, 5.41) is -0.0579. The van der Waals surface area contributed by atoms with Crippen LogP contribution in [0.5, 0.6) is 0 Å². The first-order valence-corrected chi connectivity index (χ1v) is 4.67. The molecule has 0 spiro atoms. The van der Waals surface area contributed by atoms with E-state index in [1.807, 2.05) is 0 Å². The average Bonchev–Trinajstić information content (AvgIpc) is 1.85. The summed E-state index contributed by atoms with van der Waals surface area (Å²) in [6, 6.07) is 0. The molecule has 0 nitrogen and oxygen atoms in total. The summed E-state index contributed by atoms with van der Waals surface area (Å²) < 4.78 is 0. The fourth-order valence-corrected chi connectivity index (χ4v) is 1.11. The fraction of sp³-hybridized carbons (Fsp3) is 0.667. The second-order valence-electron chi connectivity index (χ2n) is 1.71. The third kappa shape index (κ3) is 7.01. The number of rotatable bonds is 4. The van der Waals surface area contributed by atoms with E-state index >= 15 is 0 Å². The molecule has 0 amide bonds. The van der Waals surface area contributed by atoms with Crippen molar-refractivity contribution in [2.75, 3.05) is 5.88 Å². The molecule has 10 heavy (non-hydrogen) atoms. The van der Waals surface area contributed by atoms with Gasteiger partial charge >= 0.3 is 0 Å². The molecule has 1 atom stereocenters. The van der Waals surface area contributed by atoms with Crippen molar-refractivity contribution in [1.82, 2.24) is 0 Å². The van der Waals surface area contributed by atoms with Gasteiger partial charge in [0.1, 0.15) is 4.84 Å². The van der Waals surface area contributed by atoms with Gasteiger partial charge in [-0.15, -0.1) is 46.4 Å². The molecule has 0 rings (SSSR count). The van der Waals surface area contributed by atoms with E-state index in [1.54, 1.807) is 12.2 Å². The van der Waals surface area contributed by atoms with Gasteiger partial charge in [-0.05, 0) is 6.42 Å². The average molecular weight is 222 g/mol. The molecular formula is C6H8Cl4. The molecule has 0 saturated carbocycles. The Labute approximate surface area is 81.1 Å². The second kappa shape index (κ2) is 6.60. The summed E-state index contributed by atoms with van der Waals surface area (Å²) in [4.78, 5) is -0.475. The first-order chi connectivity index (χ1) is 4.66. The number of allylic oxidation sites excluding steroid dienone is 2. The molecule has 4 heteroatoms. The van der Waals surface area contributed by atoms with Crippen molar-refractivity contribution >= 4 is 46.4 Å². The highest BCUT2D eigenvalue weighted by molar-refractivity contribution is 6.45. The smallest absolute Gasteiger partial charge is 0.125 e. The van der Waals surface area contributed by atoms with Gasteiger partial charge < -0.3 is 0 Å². The normalized spacial score (nSPS) is 14.9. The molecular weight excluding hydrogens is 214 g/mol. The van der Waals surface area contributed by atoms with Crippen molar-refractivity contribution in [3.05, 3.63) is 12.2 Å². The van der Waals surface area contributed by atoms with Gasteiger partial charge in [0, 0.05) is 5.88 Å². The molecule has 0 bridgehead atoms. The van der Waals surface area contributed by atoms with Gasteiger partial charge in [0.2, 0.25) is 0 Å². The van der Waals surface area contributed by atoms with Gasteiger partial charge in [0.05, 0.1) is 5.38 Å². The highest BCUT2D eigenvalue weighted by Gasteiger charge is 1.98. The summed E-state index contributed by atoms with van der Waals surface area (Å²) in [6.07, 6.45) is 4.11. The summed E-state index contributed by atoms with van der Waals surface area (Å²) >= 11 is 22.0. The maximum atomic E-state index is 5.74. The molecule has 0 saturated heterocycles. The van der Waals surface area contributed by atoms with E-state index in [0.29, 0.717) is 5.88 Å². The van der Waals surface area contributed by atoms with E-state index in [9.17, 15) is 0 Å². The molecule has 60 valence electrons. The Hall–Kier alpha value is 0.900. The fourth-order valence-electron chi connectivity index (χ4n) is 0.405. The summed E-state index contributed by atoms with van der Waals surface area (Å²) in [6.45, 7) is 0. The quantitative estimate of drug-likeness (QED) is 0.503.